The van der Waals surface area contributed by atoms with Crippen LogP contribution in [0.3, 0.4) is 0 Å². The number of anilines is 1. The molecule has 0 atom stereocenters. The smallest absolute Gasteiger partial charge is 0.253 e. The lowest BCUT2D eigenvalue weighted by atomic mass is 10.1. The zero-order valence-electron chi connectivity index (χ0n) is 14.0. The van der Waals surface area contributed by atoms with Gasteiger partial charge < -0.3 is 20.1 Å². The van der Waals surface area contributed by atoms with Crippen molar-refractivity contribution in [3.63, 3.8) is 0 Å². The van der Waals surface area contributed by atoms with Gasteiger partial charge in [0.1, 0.15) is 13.2 Å². The average molecular weight is 393 g/mol. The summed E-state index contributed by atoms with van der Waals surface area (Å²) < 4.78 is 11.0. The topological polar surface area (TPSA) is 76.7 Å². The first-order chi connectivity index (χ1) is 12.6. The Balaban J connectivity index is 1.64. The van der Waals surface area contributed by atoms with Gasteiger partial charge in [0, 0.05) is 17.0 Å². The molecule has 1 heterocycles. The molecule has 136 valence electrons. The second kappa shape index (κ2) is 8.33. The van der Waals surface area contributed by atoms with E-state index in [1.54, 1.807) is 18.2 Å². The van der Waals surface area contributed by atoms with Gasteiger partial charge >= 0.3 is 0 Å². The molecular formula is C18H17ClN2O4S. The third kappa shape index (κ3) is 4.42. The summed E-state index contributed by atoms with van der Waals surface area (Å²) >= 11 is 7.34. The lowest BCUT2D eigenvalue weighted by molar-refractivity contribution is -0.113. The summed E-state index contributed by atoms with van der Waals surface area (Å²) in [6.07, 6.45) is 0. The van der Waals surface area contributed by atoms with Crippen LogP contribution >= 0.6 is 23.4 Å². The molecule has 0 aromatic heterocycles. The van der Waals surface area contributed by atoms with E-state index in [1.807, 2.05) is 18.2 Å². The Bertz CT molecular complexity index is 844. The molecular weight excluding hydrogens is 376 g/mol. The van der Waals surface area contributed by atoms with Gasteiger partial charge in [-0.3, -0.25) is 9.59 Å². The molecule has 2 aromatic carbocycles. The molecule has 1 aliphatic heterocycles. The van der Waals surface area contributed by atoms with E-state index >= 15 is 0 Å². The van der Waals surface area contributed by atoms with Crippen LogP contribution < -0.4 is 20.1 Å². The molecule has 1 aliphatic rings. The zero-order valence-corrected chi connectivity index (χ0v) is 15.6. The van der Waals surface area contributed by atoms with Crippen LogP contribution in [-0.4, -0.2) is 37.8 Å². The molecule has 0 saturated heterocycles. The molecule has 0 fully saturated rings. The monoisotopic (exact) mass is 392 g/mol. The number of hydrogen-bond acceptors (Lipinski definition) is 5. The summed E-state index contributed by atoms with van der Waals surface area (Å²) in [6, 6.07) is 10.3. The summed E-state index contributed by atoms with van der Waals surface area (Å²) in [5.74, 6) is 1.03. The number of hydrogen-bond donors (Lipinski definition) is 2. The first-order valence-corrected chi connectivity index (χ1v) is 9.27. The number of carbonyl (C=O) groups is 2. The number of amides is 2. The molecule has 0 unspecified atom stereocenters. The van der Waals surface area contributed by atoms with Crippen molar-refractivity contribution < 1.29 is 19.1 Å². The Labute approximate surface area is 160 Å². The summed E-state index contributed by atoms with van der Waals surface area (Å²) in [5.41, 5.74) is 0.735. The Kier molecular flexibility index (Phi) is 5.90. The molecule has 0 aliphatic carbocycles. The van der Waals surface area contributed by atoms with Gasteiger partial charge in [-0.1, -0.05) is 11.6 Å². The first kappa shape index (κ1) is 18.4. The fourth-order valence-corrected chi connectivity index (χ4v) is 3.30. The molecule has 0 spiro atoms. The number of benzene rings is 2. The van der Waals surface area contributed by atoms with Gasteiger partial charge in [0.15, 0.2) is 11.5 Å². The standard InChI is InChI=1S/C18H17ClN2O4S/c1-20-18(23)13-4-2-11(19)8-14(13)21-17(22)10-26-12-3-5-15-16(9-12)25-7-6-24-15/h2-5,8-9H,6-7,10H2,1H3,(H,20,23)(H,21,22). The Morgan fingerprint density at radius 1 is 1.12 bits per heavy atom. The quantitative estimate of drug-likeness (QED) is 0.764. The van der Waals surface area contributed by atoms with Crippen LogP contribution in [0.2, 0.25) is 5.02 Å². The normalized spacial score (nSPS) is 12.4. The second-order valence-electron chi connectivity index (χ2n) is 5.41. The van der Waals surface area contributed by atoms with E-state index in [2.05, 4.69) is 10.6 Å². The highest BCUT2D eigenvalue weighted by Gasteiger charge is 2.15. The van der Waals surface area contributed by atoms with Gasteiger partial charge in [0.2, 0.25) is 5.91 Å². The van der Waals surface area contributed by atoms with E-state index in [4.69, 9.17) is 21.1 Å². The van der Waals surface area contributed by atoms with Crippen molar-refractivity contribution in [3.05, 3.63) is 47.0 Å². The number of halogens is 1. The minimum Gasteiger partial charge on any atom is -0.486 e. The number of thioether (sulfide) groups is 1. The highest BCUT2D eigenvalue weighted by Crippen LogP contribution is 2.34. The predicted octanol–water partition coefficient (Wildman–Crippen LogP) is 3.20. The molecule has 8 heteroatoms. The van der Waals surface area contributed by atoms with Crippen molar-refractivity contribution in [1.82, 2.24) is 5.32 Å². The minimum absolute atomic E-state index is 0.180. The van der Waals surface area contributed by atoms with E-state index in [1.165, 1.54) is 18.8 Å². The van der Waals surface area contributed by atoms with Crippen molar-refractivity contribution in [2.24, 2.45) is 0 Å². The third-order valence-corrected chi connectivity index (χ3v) is 4.84. The molecule has 2 aromatic rings. The van der Waals surface area contributed by atoms with Crippen molar-refractivity contribution >= 4 is 40.9 Å². The van der Waals surface area contributed by atoms with Gasteiger partial charge in [0.25, 0.3) is 5.91 Å². The van der Waals surface area contributed by atoms with Crippen molar-refractivity contribution in [1.29, 1.82) is 0 Å². The Morgan fingerprint density at radius 3 is 2.65 bits per heavy atom. The molecule has 3 rings (SSSR count). The largest absolute Gasteiger partial charge is 0.486 e. The number of rotatable bonds is 5. The maximum Gasteiger partial charge on any atom is 0.253 e. The molecule has 0 saturated carbocycles. The minimum atomic E-state index is -0.295. The maximum absolute atomic E-state index is 12.3. The molecule has 6 nitrogen and oxygen atoms in total. The van der Waals surface area contributed by atoms with Gasteiger partial charge in [-0.15, -0.1) is 11.8 Å². The van der Waals surface area contributed by atoms with E-state index in [0.29, 0.717) is 41.0 Å². The number of ether oxygens (including phenoxy) is 2. The van der Waals surface area contributed by atoms with Crippen LogP contribution in [0, 0.1) is 0 Å². The van der Waals surface area contributed by atoms with E-state index in [0.717, 1.165) is 4.90 Å². The van der Waals surface area contributed by atoms with Gasteiger partial charge in [-0.05, 0) is 36.4 Å². The zero-order chi connectivity index (χ0) is 18.5. The van der Waals surface area contributed by atoms with Gasteiger partial charge in [0.05, 0.1) is 17.0 Å². The molecule has 2 amide bonds. The predicted molar refractivity (Wildman–Crippen MR) is 102 cm³/mol. The summed E-state index contributed by atoms with van der Waals surface area (Å²) in [6.45, 7) is 1.05. The fraction of sp³-hybridized carbons (Fsp3) is 0.222. The molecule has 2 N–H and O–H groups in total. The van der Waals surface area contributed by atoms with E-state index in [-0.39, 0.29) is 17.6 Å². The highest BCUT2D eigenvalue weighted by atomic mass is 35.5. The van der Waals surface area contributed by atoms with E-state index in [9.17, 15) is 9.59 Å². The second-order valence-corrected chi connectivity index (χ2v) is 6.90. The first-order valence-electron chi connectivity index (χ1n) is 7.91. The van der Waals surface area contributed by atoms with Crippen molar-refractivity contribution in [2.45, 2.75) is 4.90 Å². The Hall–Kier alpha value is -2.38. The molecule has 0 bridgehead atoms. The number of fused-ring (bicyclic) bond motifs is 1. The van der Waals surface area contributed by atoms with Crippen molar-refractivity contribution in [3.8, 4) is 11.5 Å². The third-order valence-electron chi connectivity index (χ3n) is 3.61. The van der Waals surface area contributed by atoms with Crippen molar-refractivity contribution in [2.75, 3.05) is 31.3 Å². The van der Waals surface area contributed by atoms with Gasteiger partial charge in [-0.25, -0.2) is 0 Å². The molecule has 26 heavy (non-hydrogen) atoms. The van der Waals surface area contributed by atoms with E-state index < -0.39 is 0 Å². The van der Waals surface area contributed by atoms with Crippen LogP contribution in [0.4, 0.5) is 5.69 Å². The summed E-state index contributed by atoms with van der Waals surface area (Å²) in [5, 5.41) is 5.71. The number of nitrogens with one attached hydrogen (secondary N) is 2. The Morgan fingerprint density at radius 2 is 1.88 bits per heavy atom. The van der Waals surface area contributed by atoms with Gasteiger partial charge in [-0.2, -0.15) is 0 Å². The SMILES string of the molecule is CNC(=O)c1ccc(Cl)cc1NC(=O)CSc1ccc2c(c1)OCCO2. The number of carbonyl (C=O) groups excluding carboxylic acids is 2. The lowest BCUT2D eigenvalue weighted by Crippen LogP contribution is -2.22. The van der Waals surface area contributed by atoms with Crippen LogP contribution in [0.5, 0.6) is 11.5 Å². The molecule has 0 radical (unpaired) electrons. The average Bonchev–Trinajstić information content (AvgIpc) is 2.66. The van der Waals surface area contributed by atoms with Crippen LogP contribution in [0.1, 0.15) is 10.4 Å². The highest BCUT2D eigenvalue weighted by molar-refractivity contribution is 8.00. The van der Waals surface area contributed by atoms with Crippen LogP contribution in [0.25, 0.3) is 0 Å². The lowest BCUT2D eigenvalue weighted by Gasteiger charge is -2.18. The summed E-state index contributed by atoms with van der Waals surface area (Å²) in [4.78, 5) is 25.1. The van der Waals surface area contributed by atoms with Crippen LogP contribution in [0.15, 0.2) is 41.3 Å². The fourth-order valence-electron chi connectivity index (χ4n) is 2.40. The van der Waals surface area contributed by atoms with Crippen LogP contribution in [-0.2, 0) is 4.79 Å². The summed E-state index contributed by atoms with van der Waals surface area (Å²) in [7, 11) is 1.53. The maximum atomic E-state index is 12.3.